The number of fused-ring (bicyclic) bond motifs is 1. The highest BCUT2D eigenvalue weighted by Gasteiger charge is 2.13. The Morgan fingerprint density at radius 1 is 1.19 bits per heavy atom. The van der Waals surface area contributed by atoms with E-state index in [1.807, 2.05) is 13.0 Å². The van der Waals surface area contributed by atoms with Crippen molar-refractivity contribution in [2.45, 2.75) is 20.5 Å². The van der Waals surface area contributed by atoms with Crippen LogP contribution >= 0.6 is 11.6 Å². The summed E-state index contributed by atoms with van der Waals surface area (Å²) in [6, 6.07) is 10.6. The highest BCUT2D eigenvalue weighted by atomic mass is 35.5. The first-order chi connectivity index (χ1) is 15.3. The van der Waals surface area contributed by atoms with Gasteiger partial charge in [0.05, 0.1) is 17.1 Å². The van der Waals surface area contributed by atoms with Crippen molar-refractivity contribution >= 4 is 29.3 Å². The van der Waals surface area contributed by atoms with E-state index in [0.29, 0.717) is 28.3 Å². The lowest BCUT2D eigenvalue weighted by atomic mass is 10.2. The molecule has 7 nitrogen and oxygen atoms in total. The highest BCUT2D eigenvalue weighted by molar-refractivity contribution is 6.31. The van der Waals surface area contributed by atoms with Crippen LogP contribution in [0.15, 0.2) is 59.5 Å². The van der Waals surface area contributed by atoms with Crippen LogP contribution in [0.4, 0.5) is 4.39 Å². The number of hydrogen-bond acceptors (Lipinski definition) is 5. The highest BCUT2D eigenvalue weighted by Crippen LogP contribution is 2.25. The number of carbonyl (C=O) groups is 1. The second-order valence-corrected chi connectivity index (χ2v) is 7.50. The van der Waals surface area contributed by atoms with E-state index in [-0.39, 0.29) is 23.1 Å². The Hall–Kier alpha value is -3.78. The Kier molecular flexibility index (Phi) is 5.87. The van der Waals surface area contributed by atoms with E-state index >= 15 is 0 Å². The number of hydrogen-bond donors (Lipinski definition) is 0. The van der Waals surface area contributed by atoms with Gasteiger partial charge in [0, 0.05) is 23.9 Å². The summed E-state index contributed by atoms with van der Waals surface area (Å²) in [5, 5.41) is 4.61. The van der Waals surface area contributed by atoms with Gasteiger partial charge in [-0.1, -0.05) is 17.7 Å². The lowest BCUT2D eigenvalue weighted by Gasteiger charge is -2.05. The molecule has 0 aliphatic rings. The maximum Gasteiger partial charge on any atom is 0.331 e. The van der Waals surface area contributed by atoms with Gasteiger partial charge >= 0.3 is 5.97 Å². The van der Waals surface area contributed by atoms with Crippen LogP contribution in [0.3, 0.4) is 0 Å². The van der Waals surface area contributed by atoms with Gasteiger partial charge in [0.2, 0.25) is 0 Å². The normalized spacial score (nSPS) is 11.4. The van der Waals surface area contributed by atoms with Gasteiger partial charge in [-0.15, -0.1) is 0 Å². The molecule has 0 bridgehead atoms. The number of ether oxygens (including phenoxy) is 1. The Labute approximate surface area is 187 Å². The van der Waals surface area contributed by atoms with Crippen LogP contribution in [0.1, 0.15) is 22.5 Å². The fourth-order valence-corrected chi connectivity index (χ4v) is 3.47. The zero-order valence-corrected chi connectivity index (χ0v) is 18.0. The maximum absolute atomic E-state index is 13.2. The molecule has 0 atom stereocenters. The molecule has 4 aromatic rings. The zero-order chi connectivity index (χ0) is 22.8. The SMILES string of the molecule is Cc1ccc2nc(COC(=O)C=Cc3c(C)nn(-c4ccc(F)cc4)c3Cl)cc(=O)n2c1. The summed E-state index contributed by atoms with van der Waals surface area (Å²) in [6.45, 7) is 3.47. The number of aromatic nitrogens is 4. The van der Waals surface area contributed by atoms with Gasteiger partial charge in [-0.05, 0) is 55.8 Å². The monoisotopic (exact) mass is 452 g/mol. The third kappa shape index (κ3) is 4.45. The number of nitrogens with zero attached hydrogens (tertiary/aromatic N) is 4. The van der Waals surface area contributed by atoms with E-state index in [0.717, 1.165) is 5.56 Å². The second-order valence-electron chi connectivity index (χ2n) is 7.14. The molecule has 0 N–H and O–H groups in total. The van der Waals surface area contributed by atoms with Crippen LogP contribution in [0, 0.1) is 19.7 Å². The Morgan fingerprint density at radius 3 is 2.69 bits per heavy atom. The van der Waals surface area contributed by atoms with Gasteiger partial charge in [-0.2, -0.15) is 5.10 Å². The Morgan fingerprint density at radius 2 is 1.94 bits per heavy atom. The molecule has 0 saturated heterocycles. The van der Waals surface area contributed by atoms with E-state index in [4.69, 9.17) is 16.3 Å². The first-order valence-electron chi connectivity index (χ1n) is 9.66. The van der Waals surface area contributed by atoms with Crippen LogP contribution in [-0.4, -0.2) is 25.1 Å². The number of pyridine rings is 1. The van der Waals surface area contributed by atoms with E-state index in [2.05, 4.69) is 10.1 Å². The average Bonchev–Trinajstić information content (AvgIpc) is 3.05. The van der Waals surface area contributed by atoms with Crippen molar-refractivity contribution in [2.75, 3.05) is 0 Å². The number of aryl methyl sites for hydroxylation is 2. The predicted molar refractivity (Wildman–Crippen MR) is 118 cm³/mol. The number of carbonyl (C=O) groups excluding carboxylic acids is 1. The molecular weight excluding hydrogens is 435 g/mol. The molecule has 0 amide bonds. The van der Waals surface area contributed by atoms with E-state index in [9.17, 15) is 14.0 Å². The molecule has 0 aliphatic carbocycles. The summed E-state index contributed by atoms with van der Waals surface area (Å²) >= 11 is 6.40. The molecule has 162 valence electrons. The molecule has 4 rings (SSSR count). The lowest BCUT2D eigenvalue weighted by molar-refractivity contribution is -0.139. The third-order valence-electron chi connectivity index (χ3n) is 4.73. The van der Waals surface area contributed by atoms with E-state index in [1.165, 1.54) is 39.4 Å². The predicted octanol–water partition coefficient (Wildman–Crippen LogP) is 4.05. The Bertz CT molecular complexity index is 1410. The molecule has 0 radical (unpaired) electrons. The third-order valence-corrected chi connectivity index (χ3v) is 5.09. The zero-order valence-electron chi connectivity index (χ0n) is 17.3. The van der Waals surface area contributed by atoms with Crippen LogP contribution in [0.2, 0.25) is 5.15 Å². The summed E-state index contributed by atoms with van der Waals surface area (Å²) < 4.78 is 21.3. The molecule has 32 heavy (non-hydrogen) atoms. The van der Waals surface area contributed by atoms with Crippen LogP contribution in [0.25, 0.3) is 17.4 Å². The number of esters is 1. The van der Waals surface area contributed by atoms with Crippen molar-refractivity contribution in [1.29, 1.82) is 0 Å². The smallest absolute Gasteiger partial charge is 0.331 e. The molecule has 9 heteroatoms. The van der Waals surface area contributed by atoms with Crippen molar-refractivity contribution < 1.29 is 13.9 Å². The topological polar surface area (TPSA) is 78.5 Å². The van der Waals surface area contributed by atoms with Gasteiger partial charge in [-0.25, -0.2) is 18.9 Å². The molecule has 1 aromatic carbocycles. The molecule has 0 unspecified atom stereocenters. The quantitative estimate of drug-likeness (QED) is 0.337. The largest absolute Gasteiger partial charge is 0.456 e. The summed E-state index contributed by atoms with van der Waals surface area (Å²) in [7, 11) is 0. The van der Waals surface area contributed by atoms with Gasteiger partial charge in [0.25, 0.3) is 5.56 Å². The van der Waals surface area contributed by atoms with E-state index in [1.54, 1.807) is 31.3 Å². The summed E-state index contributed by atoms with van der Waals surface area (Å²) in [5.74, 6) is -0.990. The molecule has 3 heterocycles. The first-order valence-corrected chi connectivity index (χ1v) is 10.0. The van der Waals surface area contributed by atoms with Gasteiger partial charge in [0.1, 0.15) is 23.2 Å². The van der Waals surface area contributed by atoms with Gasteiger partial charge < -0.3 is 4.74 Å². The standard InChI is InChI=1S/C23H18ClFN4O3/c1-14-3-9-20-26-17(11-21(30)28(20)12-14)13-32-22(31)10-8-19-15(2)27-29(23(19)24)18-6-4-16(25)5-7-18/h3-12H,13H2,1-2H3. The minimum atomic E-state index is -0.624. The van der Waals surface area contributed by atoms with Crippen molar-refractivity contribution in [1.82, 2.24) is 19.2 Å². The summed E-state index contributed by atoms with van der Waals surface area (Å²) in [6.07, 6.45) is 4.42. The van der Waals surface area contributed by atoms with Gasteiger partial charge in [-0.3, -0.25) is 9.20 Å². The van der Waals surface area contributed by atoms with Gasteiger partial charge in [0.15, 0.2) is 0 Å². The first kappa shape index (κ1) is 21.5. The fraction of sp³-hybridized carbons (Fsp3) is 0.130. The molecule has 0 aliphatic heterocycles. The molecular formula is C23H18ClFN4O3. The maximum atomic E-state index is 13.2. The van der Waals surface area contributed by atoms with Crippen LogP contribution in [0.5, 0.6) is 0 Å². The van der Waals surface area contributed by atoms with Crippen LogP contribution < -0.4 is 5.56 Å². The molecule has 0 saturated carbocycles. The minimum absolute atomic E-state index is 0.148. The lowest BCUT2D eigenvalue weighted by Crippen LogP contribution is -2.16. The van der Waals surface area contributed by atoms with Crippen molar-refractivity contribution in [2.24, 2.45) is 0 Å². The van der Waals surface area contributed by atoms with E-state index < -0.39 is 5.97 Å². The second kappa shape index (κ2) is 8.76. The summed E-state index contributed by atoms with van der Waals surface area (Å²) in [5.41, 5.74) is 3.21. The fourth-order valence-electron chi connectivity index (χ4n) is 3.13. The Balaban J connectivity index is 1.47. The average molecular weight is 453 g/mol. The van der Waals surface area contributed by atoms with Crippen molar-refractivity contribution in [3.63, 3.8) is 0 Å². The molecule has 0 fully saturated rings. The van der Waals surface area contributed by atoms with Crippen LogP contribution in [-0.2, 0) is 16.1 Å². The number of rotatable bonds is 5. The number of halogens is 2. The summed E-state index contributed by atoms with van der Waals surface area (Å²) in [4.78, 5) is 28.8. The van der Waals surface area contributed by atoms with Crippen molar-refractivity contribution in [3.8, 4) is 5.69 Å². The molecule has 3 aromatic heterocycles. The number of benzene rings is 1. The molecule has 0 spiro atoms. The van der Waals surface area contributed by atoms with Crippen molar-refractivity contribution in [3.05, 3.63) is 98.6 Å². The minimum Gasteiger partial charge on any atom is -0.456 e.